The molecule has 0 aromatic heterocycles. The van der Waals surface area contributed by atoms with Gasteiger partial charge in [0.2, 0.25) is 0 Å². The molecule has 5 rings (SSSR count). The molecule has 1 fully saturated rings. The Morgan fingerprint density at radius 1 is 0.532 bits per heavy atom. The molecule has 1 N–H and O–H groups in total. The van der Waals surface area contributed by atoms with Crippen LogP contribution in [0, 0.1) is 0 Å². The van der Waals surface area contributed by atoms with E-state index in [1.165, 1.54) is 64.2 Å². The van der Waals surface area contributed by atoms with Gasteiger partial charge >= 0.3 is 5.97 Å². The lowest BCUT2D eigenvalue weighted by Gasteiger charge is -2.46. The first-order valence-corrected chi connectivity index (χ1v) is 23.3. The molecule has 9 heteroatoms. The van der Waals surface area contributed by atoms with Crippen molar-refractivity contribution in [1.29, 1.82) is 0 Å². The minimum Gasteiger partial charge on any atom is -0.457 e. The van der Waals surface area contributed by atoms with E-state index in [1.54, 1.807) is 0 Å². The molecule has 1 aliphatic heterocycles. The molecule has 0 saturated carbocycles. The van der Waals surface area contributed by atoms with Crippen molar-refractivity contribution in [2.75, 3.05) is 19.8 Å². The van der Waals surface area contributed by atoms with Gasteiger partial charge in [0, 0.05) is 6.42 Å². The van der Waals surface area contributed by atoms with Crippen LogP contribution in [0.2, 0.25) is 0 Å². The molecule has 0 unspecified atom stereocenters. The number of unbranched alkanes of at least 4 members (excludes halogenated alkanes) is 12. The third-order valence-corrected chi connectivity index (χ3v) is 11.3. The maximum atomic E-state index is 13.0. The predicted octanol–water partition coefficient (Wildman–Crippen LogP) is 11.1. The van der Waals surface area contributed by atoms with Crippen LogP contribution in [0.5, 0.6) is 0 Å². The average Bonchev–Trinajstić information content (AvgIpc) is 3.31. The number of rotatable bonds is 32. The highest BCUT2D eigenvalue weighted by Gasteiger charge is 2.49. The molecule has 0 spiro atoms. The summed E-state index contributed by atoms with van der Waals surface area (Å²) in [6.45, 7) is 3.19. The molecule has 9 nitrogen and oxygen atoms in total. The third-order valence-electron chi connectivity index (χ3n) is 11.3. The lowest BCUT2D eigenvalue weighted by Crippen LogP contribution is -2.62. The van der Waals surface area contributed by atoms with Gasteiger partial charge in [0.05, 0.1) is 46.2 Å². The number of aliphatic hydroxyl groups is 1. The molecule has 0 amide bonds. The van der Waals surface area contributed by atoms with Gasteiger partial charge in [0.15, 0.2) is 6.29 Å². The van der Waals surface area contributed by atoms with Gasteiger partial charge in [0.25, 0.3) is 0 Å². The number of esters is 1. The Morgan fingerprint density at radius 2 is 0.952 bits per heavy atom. The summed E-state index contributed by atoms with van der Waals surface area (Å²) in [4.78, 5) is 13.0. The highest BCUT2D eigenvalue weighted by molar-refractivity contribution is 5.69. The minimum atomic E-state index is -0.977. The van der Waals surface area contributed by atoms with Crippen LogP contribution in [0.3, 0.4) is 0 Å². The normalized spacial score (nSPS) is 19.3. The van der Waals surface area contributed by atoms with Gasteiger partial charge in [-0.25, -0.2) is 0 Å². The van der Waals surface area contributed by atoms with Gasteiger partial charge in [-0.3, -0.25) is 4.79 Å². The molecule has 0 aliphatic carbocycles. The van der Waals surface area contributed by atoms with Crippen LogP contribution < -0.4 is 0 Å². The van der Waals surface area contributed by atoms with Gasteiger partial charge in [-0.1, -0.05) is 205 Å². The van der Waals surface area contributed by atoms with E-state index in [-0.39, 0.29) is 25.8 Å². The number of hydrogen-bond donors (Lipinski definition) is 1. The molecule has 338 valence electrons. The standard InChI is InChI=1S/C53H72O9/c1-2-3-4-5-6-7-8-9-10-11-12-13-26-35-49(55)61-47(36-54)41-60-53-52(59-40-46-33-24-17-25-34-46)51(58-39-45-31-22-16-23-32-45)50(57-38-44-29-20-15-21-30-44)48(62-53)42-56-37-43-27-18-14-19-28-43/h14-25,27-34,47-48,50-54H,2-13,26,35-42H2,1H3/t47-,48-,50-,51+,52-,53-/m1/s1. The van der Waals surface area contributed by atoms with Crippen LogP contribution in [0.1, 0.15) is 119 Å². The quantitative estimate of drug-likeness (QED) is 0.0380. The van der Waals surface area contributed by atoms with E-state index in [2.05, 4.69) is 6.92 Å². The first kappa shape index (κ1) is 49.1. The summed E-state index contributed by atoms with van der Waals surface area (Å²) in [6.07, 6.45) is 11.7. The molecule has 1 saturated heterocycles. The van der Waals surface area contributed by atoms with Crippen molar-refractivity contribution < 1.29 is 43.1 Å². The zero-order valence-electron chi connectivity index (χ0n) is 37.1. The van der Waals surface area contributed by atoms with Gasteiger partial charge < -0.3 is 38.3 Å². The molecule has 1 aliphatic rings. The highest BCUT2D eigenvalue weighted by Crippen LogP contribution is 2.32. The number of carbonyl (C=O) groups excluding carboxylic acids is 1. The Bertz CT molecular complexity index is 1690. The Labute approximate surface area is 371 Å². The average molecular weight is 853 g/mol. The summed E-state index contributed by atoms with van der Waals surface area (Å²) in [7, 11) is 0. The van der Waals surface area contributed by atoms with Crippen molar-refractivity contribution >= 4 is 5.97 Å². The zero-order chi connectivity index (χ0) is 43.3. The summed E-state index contributed by atoms with van der Waals surface area (Å²) in [5.74, 6) is -0.345. The minimum absolute atomic E-state index is 0.102. The molecule has 0 bridgehead atoms. The Balaban J connectivity index is 1.23. The molecular weight excluding hydrogens is 781 g/mol. The van der Waals surface area contributed by atoms with Crippen LogP contribution in [0.25, 0.3) is 0 Å². The van der Waals surface area contributed by atoms with E-state index in [9.17, 15) is 9.90 Å². The molecule has 1 heterocycles. The summed E-state index contributed by atoms with van der Waals surface area (Å²) in [5.41, 5.74) is 4.00. The number of benzene rings is 4. The van der Waals surface area contributed by atoms with E-state index in [0.717, 1.165) is 41.5 Å². The van der Waals surface area contributed by atoms with E-state index in [1.807, 2.05) is 121 Å². The van der Waals surface area contributed by atoms with Crippen LogP contribution in [0.15, 0.2) is 121 Å². The number of carbonyl (C=O) groups is 1. The SMILES string of the molecule is CCCCCCCCCCCCCCCC(=O)O[C@H](CO)CO[C@@H]1O[C@H](COCc2ccccc2)[C@@H](OCc2ccccc2)[C@H](OCc2ccccc2)[C@H]1OCc1ccccc1. The topological polar surface area (TPSA) is 102 Å². The van der Waals surface area contributed by atoms with E-state index in [4.69, 9.17) is 33.2 Å². The van der Waals surface area contributed by atoms with Crippen molar-refractivity contribution in [3.05, 3.63) is 144 Å². The Morgan fingerprint density at radius 3 is 1.42 bits per heavy atom. The van der Waals surface area contributed by atoms with E-state index < -0.39 is 43.4 Å². The summed E-state index contributed by atoms with van der Waals surface area (Å²) >= 11 is 0. The fourth-order valence-electron chi connectivity index (χ4n) is 7.74. The van der Waals surface area contributed by atoms with Crippen LogP contribution >= 0.6 is 0 Å². The maximum absolute atomic E-state index is 13.0. The first-order valence-electron chi connectivity index (χ1n) is 23.3. The van der Waals surface area contributed by atoms with Gasteiger partial charge in [-0.15, -0.1) is 0 Å². The molecule has 4 aromatic carbocycles. The van der Waals surface area contributed by atoms with E-state index in [0.29, 0.717) is 26.2 Å². The lowest BCUT2D eigenvalue weighted by atomic mass is 9.97. The number of ether oxygens (including phenoxy) is 7. The largest absolute Gasteiger partial charge is 0.457 e. The van der Waals surface area contributed by atoms with Crippen molar-refractivity contribution in [2.24, 2.45) is 0 Å². The van der Waals surface area contributed by atoms with Crippen molar-refractivity contribution in [1.82, 2.24) is 0 Å². The van der Waals surface area contributed by atoms with Crippen molar-refractivity contribution in [3.8, 4) is 0 Å². The van der Waals surface area contributed by atoms with Gasteiger partial charge in [-0.2, -0.15) is 0 Å². The fraction of sp³-hybridized carbons (Fsp3) is 0.528. The van der Waals surface area contributed by atoms with Gasteiger partial charge in [-0.05, 0) is 28.7 Å². The molecule has 4 aromatic rings. The summed E-state index contributed by atoms with van der Waals surface area (Å²) < 4.78 is 45.5. The van der Waals surface area contributed by atoms with Crippen LogP contribution in [0.4, 0.5) is 0 Å². The lowest BCUT2D eigenvalue weighted by molar-refractivity contribution is -0.331. The second-order valence-electron chi connectivity index (χ2n) is 16.4. The van der Waals surface area contributed by atoms with Crippen molar-refractivity contribution in [2.45, 2.75) is 160 Å². The Kier molecular flexibility index (Phi) is 23.9. The molecule has 6 atom stereocenters. The smallest absolute Gasteiger partial charge is 0.306 e. The molecule has 0 radical (unpaired) electrons. The van der Waals surface area contributed by atoms with Crippen LogP contribution in [-0.4, -0.2) is 67.7 Å². The monoisotopic (exact) mass is 853 g/mol. The van der Waals surface area contributed by atoms with Gasteiger partial charge in [0.1, 0.15) is 30.5 Å². The number of hydrogen-bond acceptors (Lipinski definition) is 9. The fourth-order valence-corrected chi connectivity index (χ4v) is 7.74. The second-order valence-corrected chi connectivity index (χ2v) is 16.4. The highest BCUT2D eigenvalue weighted by atomic mass is 16.7. The second kappa shape index (κ2) is 30.2. The summed E-state index contributed by atoms with van der Waals surface area (Å²) in [5, 5.41) is 10.4. The van der Waals surface area contributed by atoms with Crippen molar-refractivity contribution in [3.63, 3.8) is 0 Å². The summed E-state index contributed by atoms with van der Waals surface area (Å²) in [6, 6.07) is 39.9. The maximum Gasteiger partial charge on any atom is 0.306 e. The third kappa shape index (κ3) is 18.8. The van der Waals surface area contributed by atoms with E-state index >= 15 is 0 Å². The molecule has 62 heavy (non-hydrogen) atoms. The number of aliphatic hydroxyl groups excluding tert-OH is 1. The zero-order valence-corrected chi connectivity index (χ0v) is 37.1. The predicted molar refractivity (Wildman–Crippen MR) is 243 cm³/mol. The molecular formula is C53H72O9. The Hall–Kier alpha value is -3.93. The van der Waals surface area contributed by atoms with Crippen LogP contribution in [-0.2, 0) is 64.4 Å². The first-order chi connectivity index (χ1) is 30.6.